The fourth-order valence-corrected chi connectivity index (χ4v) is 3.02. The molecule has 4 amide bonds. The van der Waals surface area contributed by atoms with Gasteiger partial charge in [-0.3, -0.25) is 9.59 Å². The third kappa shape index (κ3) is 2.24. The lowest BCUT2D eigenvalue weighted by molar-refractivity contribution is -0.137. The molecular formula is C16H19N3O3. The summed E-state index contributed by atoms with van der Waals surface area (Å²) in [6.45, 7) is 3.90. The highest BCUT2D eigenvalue weighted by Gasteiger charge is 2.50. The number of anilines is 1. The second-order valence-electron chi connectivity index (χ2n) is 6.21. The van der Waals surface area contributed by atoms with Crippen LogP contribution in [0.5, 0.6) is 0 Å². The lowest BCUT2D eigenvalue weighted by atomic mass is 10.0. The van der Waals surface area contributed by atoms with Crippen LogP contribution in [0.3, 0.4) is 0 Å². The summed E-state index contributed by atoms with van der Waals surface area (Å²) in [5.74, 6) is -0.538. The molecule has 1 N–H and O–H groups in total. The number of hydrogen-bond donors (Lipinski definition) is 1. The van der Waals surface area contributed by atoms with Crippen molar-refractivity contribution in [1.29, 1.82) is 0 Å². The summed E-state index contributed by atoms with van der Waals surface area (Å²) in [6.07, 6.45) is 1.26. The van der Waals surface area contributed by atoms with Crippen LogP contribution in [0.2, 0.25) is 0 Å². The molecule has 0 spiro atoms. The average molecular weight is 301 g/mol. The number of nitrogens with zero attached hydrogens (tertiary/aromatic N) is 2. The Kier molecular flexibility index (Phi) is 3.39. The Morgan fingerprint density at radius 3 is 2.41 bits per heavy atom. The van der Waals surface area contributed by atoms with Crippen molar-refractivity contribution in [2.45, 2.75) is 38.3 Å². The van der Waals surface area contributed by atoms with Gasteiger partial charge in [0.25, 0.3) is 5.91 Å². The number of carbonyl (C=O) groups excluding carboxylic acids is 3. The summed E-state index contributed by atoms with van der Waals surface area (Å²) in [5, 5.41) is 2.63. The van der Waals surface area contributed by atoms with Crippen LogP contribution in [0.4, 0.5) is 10.5 Å². The molecule has 2 fully saturated rings. The molecule has 0 radical (unpaired) electrons. The van der Waals surface area contributed by atoms with Gasteiger partial charge in [0.05, 0.1) is 0 Å². The molecule has 2 heterocycles. The van der Waals surface area contributed by atoms with E-state index in [1.54, 1.807) is 18.7 Å². The van der Waals surface area contributed by atoms with Gasteiger partial charge in [0, 0.05) is 12.2 Å². The van der Waals surface area contributed by atoms with E-state index in [2.05, 4.69) is 5.32 Å². The monoisotopic (exact) mass is 301 g/mol. The van der Waals surface area contributed by atoms with Crippen LogP contribution >= 0.6 is 0 Å². The van der Waals surface area contributed by atoms with E-state index in [0.717, 1.165) is 17.0 Å². The molecule has 0 saturated carbocycles. The van der Waals surface area contributed by atoms with Crippen LogP contribution in [0.25, 0.3) is 0 Å². The SMILES string of the molecule is CC1(C)NC(=O)N(C2CCCN(c3ccccc3)C2=O)C1=O. The maximum atomic E-state index is 12.8. The minimum atomic E-state index is -0.952. The number of rotatable bonds is 2. The Morgan fingerprint density at radius 2 is 1.82 bits per heavy atom. The second-order valence-corrected chi connectivity index (χ2v) is 6.21. The number of hydrogen-bond acceptors (Lipinski definition) is 3. The highest BCUT2D eigenvalue weighted by molar-refractivity contribution is 6.11. The minimum Gasteiger partial charge on any atom is -0.324 e. The maximum absolute atomic E-state index is 12.8. The summed E-state index contributed by atoms with van der Waals surface area (Å²) in [6, 6.07) is 8.12. The van der Waals surface area contributed by atoms with Crippen molar-refractivity contribution in [2.24, 2.45) is 0 Å². The van der Waals surface area contributed by atoms with E-state index in [1.807, 2.05) is 30.3 Å². The van der Waals surface area contributed by atoms with Gasteiger partial charge in [-0.15, -0.1) is 0 Å². The fraction of sp³-hybridized carbons (Fsp3) is 0.438. The Labute approximate surface area is 129 Å². The smallest absolute Gasteiger partial charge is 0.324 e. The van der Waals surface area contributed by atoms with E-state index >= 15 is 0 Å². The number of amides is 4. The highest BCUT2D eigenvalue weighted by Crippen LogP contribution is 2.27. The first-order valence-corrected chi connectivity index (χ1v) is 7.44. The Bertz CT molecular complexity index is 627. The van der Waals surface area contributed by atoms with Crippen molar-refractivity contribution in [3.63, 3.8) is 0 Å². The molecule has 2 aliphatic rings. The van der Waals surface area contributed by atoms with Gasteiger partial charge in [-0.2, -0.15) is 0 Å². The summed E-state index contributed by atoms with van der Waals surface area (Å²) >= 11 is 0. The number of urea groups is 1. The zero-order chi connectivity index (χ0) is 15.9. The summed E-state index contributed by atoms with van der Waals surface area (Å²) < 4.78 is 0. The number of nitrogens with one attached hydrogen (secondary N) is 1. The predicted molar refractivity (Wildman–Crippen MR) is 81.3 cm³/mol. The Balaban J connectivity index is 1.88. The molecule has 2 saturated heterocycles. The van der Waals surface area contributed by atoms with Crippen LogP contribution in [0.1, 0.15) is 26.7 Å². The van der Waals surface area contributed by atoms with Crippen molar-refractivity contribution in [2.75, 3.05) is 11.4 Å². The van der Waals surface area contributed by atoms with E-state index in [0.29, 0.717) is 13.0 Å². The summed E-state index contributed by atoms with van der Waals surface area (Å²) in [7, 11) is 0. The molecule has 1 atom stereocenters. The highest BCUT2D eigenvalue weighted by atomic mass is 16.2. The van der Waals surface area contributed by atoms with Crippen LogP contribution < -0.4 is 10.2 Å². The topological polar surface area (TPSA) is 69.7 Å². The van der Waals surface area contributed by atoms with Crippen molar-refractivity contribution in [3.05, 3.63) is 30.3 Å². The van der Waals surface area contributed by atoms with Crippen LogP contribution in [-0.4, -0.2) is 40.9 Å². The number of imide groups is 1. The van der Waals surface area contributed by atoms with Crippen molar-refractivity contribution < 1.29 is 14.4 Å². The number of carbonyl (C=O) groups is 3. The largest absolute Gasteiger partial charge is 0.325 e. The minimum absolute atomic E-state index is 0.196. The van der Waals surface area contributed by atoms with Gasteiger partial charge in [0.2, 0.25) is 5.91 Å². The molecular weight excluding hydrogens is 282 g/mol. The quantitative estimate of drug-likeness (QED) is 0.842. The average Bonchev–Trinajstić information content (AvgIpc) is 2.69. The van der Waals surface area contributed by atoms with E-state index in [-0.39, 0.29) is 11.8 Å². The van der Waals surface area contributed by atoms with Gasteiger partial charge in [0.1, 0.15) is 11.6 Å². The molecule has 2 aliphatic heterocycles. The first kappa shape index (κ1) is 14.6. The third-order valence-corrected chi connectivity index (χ3v) is 4.18. The zero-order valence-electron chi connectivity index (χ0n) is 12.7. The molecule has 1 unspecified atom stereocenters. The van der Waals surface area contributed by atoms with Crippen molar-refractivity contribution in [1.82, 2.24) is 10.2 Å². The van der Waals surface area contributed by atoms with Gasteiger partial charge >= 0.3 is 6.03 Å². The number of para-hydroxylation sites is 1. The molecule has 3 rings (SSSR count). The first-order valence-electron chi connectivity index (χ1n) is 7.44. The first-order chi connectivity index (χ1) is 10.4. The Hall–Kier alpha value is -2.37. The van der Waals surface area contributed by atoms with Crippen molar-refractivity contribution >= 4 is 23.5 Å². The molecule has 6 heteroatoms. The van der Waals surface area contributed by atoms with Gasteiger partial charge in [-0.05, 0) is 38.8 Å². The molecule has 116 valence electrons. The van der Waals surface area contributed by atoms with Gasteiger partial charge in [-0.1, -0.05) is 18.2 Å². The van der Waals surface area contributed by atoms with Crippen LogP contribution in [0.15, 0.2) is 30.3 Å². The number of piperidine rings is 1. The van der Waals surface area contributed by atoms with Gasteiger partial charge < -0.3 is 10.2 Å². The summed E-state index contributed by atoms with van der Waals surface area (Å²) in [5.41, 5.74) is -0.157. The summed E-state index contributed by atoms with van der Waals surface area (Å²) in [4.78, 5) is 40.0. The third-order valence-electron chi connectivity index (χ3n) is 4.18. The van der Waals surface area contributed by atoms with E-state index in [9.17, 15) is 14.4 Å². The standard InChI is InChI=1S/C16H19N3O3/c1-16(2)14(21)19(15(22)17-16)12-9-6-10-18(13(12)20)11-7-4-3-5-8-11/h3-5,7-8,12H,6,9-10H2,1-2H3,(H,17,22). The number of benzene rings is 1. The van der Waals surface area contributed by atoms with E-state index in [4.69, 9.17) is 0 Å². The van der Waals surface area contributed by atoms with Gasteiger partial charge in [-0.25, -0.2) is 9.69 Å². The molecule has 22 heavy (non-hydrogen) atoms. The van der Waals surface area contributed by atoms with Crippen LogP contribution in [-0.2, 0) is 9.59 Å². The second kappa shape index (κ2) is 5.12. The molecule has 1 aromatic rings. The maximum Gasteiger partial charge on any atom is 0.325 e. The Morgan fingerprint density at radius 1 is 1.14 bits per heavy atom. The fourth-order valence-electron chi connectivity index (χ4n) is 3.02. The van der Waals surface area contributed by atoms with E-state index < -0.39 is 17.6 Å². The molecule has 1 aromatic carbocycles. The van der Waals surface area contributed by atoms with E-state index in [1.165, 1.54) is 0 Å². The lowest BCUT2D eigenvalue weighted by Gasteiger charge is -2.35. The van der Waals surface area contributed by atoms with Gasteiger partial charge in [0.15, 0.2) is 0 Å². The predicted octanol–water partition coefficient (Wildman–Crippen LogP) is 1.51. The molecule has 0 bridgehead atoms. The lowest BCUT2D eigenvalue weighted by Crippen LogP contribution is -2.55. The molecule has 6 nitrogen and oxygen atoms in total. The normalized spacial score (nSPS) is 24.6. The van der Waals surface area contributed by atoms with Crippen molar-refractivity contribution in [3.8, 4) is 0 Å². The zero-order valence-corrected chi connectivity index (χ0v) is 12.7. The molecule has 0 aliphatic carbocycles. The molecule has 0 aromatic heterocycles. The van der Waals surface area contributed by atoms with Crippen LogP contribution in [0, 0.1) is 0 Å².